The molecule has 0 aliphatic heterocycles. The second-order valence-corrected chi connectivity index (χ2v) is 19.1. The summed E-state index contributed by atoms with van der Waals surface area (Å²) in [6.07, 6.45) is 47.0. The molecule has 0 aromatic rings. The largest absolute Gasteiger partial charge is 1.00 e. The number of ether oxygens (including phenoxy) is 5. The first-order valence-corrected chi connectivity index (χ1v) is 25.5. The van der Waals surface area contributed by atoms with Gasteiger partial charge >= 0.3 is 0 Å². The van der Waals surface area contributed by atoms with Crippen molar-refractivity contribution in [3.8, 4) is 0 Å². The minimum atomic E-state index is 0. The Balaban J connectivity index is -0.0000168. The van der Waals surface area contributed by atoms with Crippen molar-refractivity contribution in [2.45, 2.75) is 200 Å². The fourth-order valence-electron chi connectivity index (χ4n) is 7.25. The molecular weight excluding hydrogens is 892 g/mol. The molecule has 368 valence electrons. The lowest BCUT2D eigenvalue weighted by molar-refractivity contribution is -0.894. The van der Waals surface area contributed by atoms with Gasteiger partial charge in [0.05, 0.1) is 81.5 Å². The van der Waals surface area contributed by atoms with Gasteiger partial charge in [-0.2, -0.15) is 0 Å². The molecule has 9 heteroatoms. The molecule has 0 spiro atoms. The van der Waals surface area contributed by atoms with Gasteiger partial charge in [0.15, 0.2) is 0 Å². The highest BCUT2D eigenvalue weighted by molar-refractivity contribution is 4.82. The van der Waals surface area contributed by atoms with Crippen LogP contribution >= 0.6 is 0 Å². The molecule has 0 aliphatic rings. The highest BCUT2D eigenvalue weighted by Crippen LogP contribution is 2.13. The topological polar surface area (TPSA) is 46.2 Å². The molecule has 7 nitrogen and oxygen atoms in total. The number of rotatable bonds is 49. The predicted molar refractivity (Wildman–Crippen MR) is 257 cm³/mol. The number of halogens is 2. The summed E-state index contributed by atoms with van der Waals surface area (Å²) in [5, 5.41) is 0. The van der Waals surface area contributed by atoms with Crippen molar-refractivity contribution in [1.82, 2.24) is 0 Å². The van der Waals surface area contributed by atoms with Crippen molar-refractivity contribution in [3.63, 3.8) is 0 Å². The van der Waals surface area contributed by atoms with Gasteiger partial charge in [-0.15, -0.1) is 0 Å². The Morgan fingerprint density at radius 2 is 0.705 bits per heavy atom. The summed E-state index contributed by atoms with van der Waals surface area (Å²) >= 11 is 0. The van der Waals surface area contributed by atoms with Gasteiger partial charge in [-0.05, 0) is 64.2 Å². The van der Waals surface area contributed by atoms with E-state index < -0.39 is 0 Å². The molecule has 0 fully saturated rings. The molecular formula is C52H106Br2N2O5. The van der Waals surface area contributed by atoms with Crippen LogP contribution in [0.2, 0.25) is 0 Å². The minimum absolute atomic E-state index is 0. The normalized spacial score (nSPS) is 12.7. The lowest BCUT2D eigenvalue weighted by Gasteiger charge is -2.33. The summed E-state index contributed by atoms with van der Waals surface area (Å²) in [4.78, 5) is 0. The Labute approximate surface area is 403 Å². The van der Waals surface area contributed by atoms with E-state index in [4.69, 9.17) is 23.7 Å². The monoisotopic (exact) mass is 997 g/mol. The summed E-state index contributed by atoms with van der Waals surface area (Å²) in [7, 11) is 11.1. The maximum absolute atomic E-state index is 6.52. The lowest BCUT2D eigenvalue weighted by Crippen LogP contribution is -3.00. The van der Waals surface area contributed by atoms with Crippen LogP contribution in [0.1, 0.15) is 194 Å². The third kappa shape index (κ3) is 56.2. The number of quaternary nitrogens is 2. The molecule has 1 atom stereocenters. The van der Waals surface area contributed by atoms with Crippen molar-refractivity contribution in [2.75, 3.05) is 114 Å². The van der Waals surface area contributed by atoms with Gasteiger partial charge in [0, 0.05) is 13.2 Å². The van der Waals surface area contributed by atoms with Crippen molar-refractivity contribution in [2.24, 2.45) is 0 Å². The third-order valence-corrected chi connectivity index (χ3v) is 11.3. The van der Waals surface area contributed by atoms with E-state index >= 15 is 0 Å². The van der Waals surface area contributed by atoms with Crippen LogP contribution < -0.4 is 34.0 Å². The van der Waals surface area contributed by atoms with Crippen molar-refractivity contribution < 1.29 is 66.6 Å². The maximum atomic E-state index is 6.52. The number of hydrogen-bond acceptors (Lipinski definition) is 5. The average Bonchev–Trinajstić information content (AvgIpc) is 3.20. The van der Waals surface area contributed by atoms with Gasteiger partial charge in [0.2, 0.25) is 0 Å². The molecule has 0 aliphatic carbocycles. The number of allylic oxidation sites excluding steroid dienone is 4. The van der Waals surface area contributed by atoms with Gasteiger partial charge in [0.25, 0.3) is 0 Å². The van der Waals surface area contributed by atoms with Gasteiger partial charge in [-0.1, -0.05) is 154 Å². The van der Waals surface area contributed by atoms with E-state index in [0.29, 0.717) is 39.6 Å². The quantitative estimate of drug-likeness (QED) is 0.0364. The first-order valence-electron chi connectivity index (χ1n) is 25.5. The Morgan fingerprint density at radius 1 is 0.361 bits per heavy atom. The molecule has 0 heterocycles. The van der Waals surface area contributed by atoms with Crippen LogP contribution in [-0.4, -0.2) is 129 Å². The molecule has 0 radical (unpaired) electrons. The van der Waals surface area contributed by atoms with E-state index in [-0.39, 0.29) is 40.1 Å². The second kappa shape index (κ2) is 51.1. The molecule has 0 aromatic carbocycles. The molecule has 0 N–H and O–H groups in total. The summed E-state index contributed by atoms with van der Waals surface area (Å²) in [6.45, 7) is 13.8. The number of likely N-dealkylation sites (N-methyl/N-ethyl adjacent to an activating group) is 2. The highest BCUT2D eigenvalue weighted by atomic mass is 79.9. The first kappa shape index (κ1) is 65.4. The number of unbranched alkanes of at least 4 members (excludes halogenated alkanes) is 24. The summed E-state index contributed by atoms with van der Waals surface area (Å²) in [5.41, 5.74) is 0. The third-order valence-electron chi connectivity index (χ3n) is 11.3. The van der Waals surface area contributed by atoms with Crippen LogP contribution in [0, 0.1) is 0 Å². The zero-order valence-corrected chi connectivity index (χ0v) is 45.0. The predicted octanol–water partition coefficient (Wildman–Crippen LogP) is 7.30. The van der Waals surface area contributed by atoms with E-state index in [1.165, 1.54) is 167 Å². The van der Waals surface area contributed by atoms with Crippen molar-refractivity contribution in [1.29, 1.82) is 0 Å². The number of hydrogen-bond donors (Lipinski definition) is 0. The summed E-state index contributed by atoms with van der Waals surface area (Å²) in [6, 6.07) is 0. The van der Waals surface area contributed by atoms with E-state index in [1.807, 2.05) is 0 Å². The van der Waals surface area contributed by atoms with E-state index in [2.05, 4.69) is 73.4 Å². The smallest absolute Gasteiger partial charge is 0.130 e. The molecule has 0 bridgehead atoms. The average molecular weight is 999 g/mol. The van der Waals surface area contributed by atoms with Gasteiger partial charge in [-0.3, -0.25) is 0 Å². The molecule has 0 rings (SSSR count). The molecule has 0 amide bonds. The number of nitrogens with zero attached hydrogens (tertiary/aromatic N) is 2. The molecule has 0 saturated carbocycles. The maximum Gasteiger partial charge on any atom is 0.130 e. The Bertz CT molecular complexity index is 886. The fraction of sp³-hybridized carbons (Fsp3) is 0.923. The van der Waals surface area contributed by atoms with Crippen LogP contribution in [0.3, 0.4) is 0 Å². The molecule has 61 heavy (non-hydrogen) atoms. The fourth-order valence-corrected chi connectivity index (χ4v) is 7.25. The van der Waals surface area contributed by atoms with Crippen LogP contribution in [0.25, 0.3) is 0 Å². The lowest BCUT2D eigenvalue weighted by atomic mass is 10.1. The van der Waals surface area contributed by atoms with Gasteiger partial charge in [-0.25, -0.2) is 0 Å². The zero-order valence-electron chi connectivity index (χ0n) is 41.9. The van der Waals surface area contributed by atoms with Crippen LogP contribution in [-0.2, 0) is 23.7 Å². The van der Waals surface area contributed by atoms with Gasteiger partial charge in [0.1, 0.15) is 25.7 Å². The minimum Gasteiger partial charge on any atom is -1.00 e. The Morgan fingerprint density at radius 3 is 1.11 bits per heavy atom. The second-order valence-electron chi connectivity index (χ2n) is 19.1. The van der Waals surface area contributed by atoms with Crippen LogP contribution in [0.5, 0.6) is 0 Å². The van der Waals surface area contributed by atoms with Crippen molar-refractivity contribution >= 4 is 0 Å². The Kier molecular flexibility index (Phi) is 54.9. The summed E-state index contributed by atoms with van der Waals surface area (Å²) in [5.74, 6) is 0. The van der Waals surface area contributed by atoms with E-state index in [9.17, 15) is 0 Å². The molecule has 0 aromatic heterocycles. The SMILES string of the molecule is CCCCCCCC/C=C\CCCCCCCCOCC(C[N+](C)(C)CCOCCOCCOCC[N+](C)(C)C)OCCCCCCCC/C=C\CCCCCCCC.[Br-].[Br-]. The standard InChI is InChI=1S/C52H106N2O5.2BrH/c1-8-10-12-14-16-18-20-22-24-26-28-30-32-34-36-38-42-58-51-52(50-54(6,7)41-45-56-47-49-57-48-46-55-44-40-53(3,4)5)59-43-39-37-35-33-31-29-27-25-23-21-19-17-15-13-11-9-2;;/h22-25,52H,8-21,26-51H2,1-7H3;2*1H/q+2;;/p-2/b24-22-,25-23-;;. The van der Waals surface area contributed by atoms with Crippen molar-refractivity contribution in [3.05, 3.63) is 24.3 Å². The van der Waals surface area contributed by atoms with Crippen LogP contribution in [0.15, 0.2) is 24.3 Å². The highest BCUT2D eigenvalue weighted by Gasteiger charge is 2.23. The van der Waals surface area contributed by atoms with E-state index in [1.54, 1.807) is 0 Å². The van der Waals surface area contributed by atoms with Gasteiger partial charge < -0.3 is 66.6 Å². The summed E-state index contributed by atoms with van der Waals surface area (Å²) < 4.78 is 31.9. The zero-order chi connectivity index (χ0) is 43.2. The molecule has 1 unspecified atom stereocenters. The van der Waals surface area contributed by atoms with Crippen LogP contribution in [0.4, 0.5) is 0 Å². The van der Waals surface area contributed by atoms with E-state index in [0.717, 1.165) is 61.3 Å². The molecule has 0 saturated heterocycles. The first-order chi connectivity index (χ1) is 28.7. The Hall–Kier alpha value is 0.160.